The summed E-state index contributed by atoms with van der Waals surface area (Å²) in [5.74, 6) is -2.21. The molecule has 1 aromatic rings. The number of halogens is 1. The Balaban J connectivity index is 2.05. The van der Waals surface area contributed by atoms with Gasteiger partial charge in [-0.1, -0.05) is 24.4 Å². The summed E-state index contributed by atoms with van der Waals surface area (Å²) in [6.45, 7) is 0. The van der Waals surface area contributed by atoms with Gasteiger partial charge in [0, 0.05) is 0 Å². The van der Waals surface area contributed by atoms with Crippen LogP contribution in [0.5, 0.6) is 0 Å². The van der Waals surface area contributed by atoms with Crippen LogP contribution in [-0.2, 0) is 9.59 Å². The van der Waals surface area contributed by atoms with E-state index >= 15 is 0 Å². The van der Waals surface area contributed by atoms with E-state index in [1.54, 1.807) is 12.1 Å². The molecule has 1 aliphatic carbocycles. The van der Waals surface area contributed by atoms with Gasteiger partial charge < -0.3 is 10.4 Å². The molecule has 0 radical (unpaired) electrons. The van der Waals surface area contributed by atoms with E-state index in [4.69, 9.17) is 16.7 Å². The van der Waals surface area contributed by atoms with Crippen LogP contribution in [-0.4, -0.2) is 22.0 Å². The highest BCUT2D eigenvalue weighted by molar-refractivity contribution is 6.29. The number of anilines is 1. The maximum Gasteiger partial charge on any atom is 0.307 e. The zero-order valence-electron chi connectivity index (χ0n) is 10.3. The lowest BCUT2D eigenvalue weighted by Gasteiger charge is -2.27. The topological polar surface area (TPSA) is 79.3 Å². The van der Waals surface area contributed by atoms with Crippen molar-refractivity contribution in [2.75, 3.05) is 5.32 Å². The molecule has 1 saturated carbocycles. The lowest BCUT2D eigenvalue weighted by atomic mass is 9.78. The summed E-state index contributed by atoms with van der Waals surface area (Å²) in [4.78, 5) is 27.2. The zero-order valence-corrected chi connectivity index (χ0v) is 11.1. The van der Waals surface area contributed by atoms with Gasteiger partial charge in [-0.15, -0.1) is 0 Å². The van der Waals surface area contributed by atoms with E-state index in [0.29, 0.717) is 23.7 Å². The highest BCUT2D eigenvalue weighted by Gasteiger charge is 2.35. The molecular weight excluding hydrogens is 268 g/mol. The number of pyridine rings is 1. The molecule has 1 aliphatic rings. The van der Waals surface area contributed by atoms with Crippen molar-refractivity contribution >= 4 is 29.2 Å². The Morgan fingerprint density at radius 2 is 1.95 bits per heavy atom. The van der Waals surface area contributed by atoms with E-state index in [0.717, 1.165) is 12.8 Å². The predicted molar refractivity (Wildman–Crippen MR) is 71.0 cm³/mol. The van der Waals surface area contributed by atoms with Crippen molar-refractivity contribution in [3.63, 3.8) is 0 Å². The van der Waals surface area contributed by atoms with Crippen LogP contribution in [0, 0.1) is 11.8 Å². The van der Waals surface area contributed by atoms with Crippen molar-refractivity contribution in [1.29, 1.82) is 0 Å². The summed E-state index contributed by atoms with van der Waals surface area (Å²) < 4.78 is 0. The molecule has 5 nitrogen and oxygen atoms in total. The maximum absolute atomic E-state index is 12.1. The summed E-state index contributed by atoms with van der Waals surface area (Å²) in [6, 6.07) is 3.22. The second kappa shape index (κ2) is 6.02. The van der Waals surface area contributed by atoms with Crippen molar-refractivity contribution in [1.82, 2.24) is 4.98 Å². The molecule has 0 aliphatic heterocycles. The average molecular weight is 283 g/mol. The second-order valence-corrected chi connectivity index (χ2v) is 5.08. The quantitative estimate of drug-likeness (QED) is 0.835. The first-order valence-corrected chi connectivity index (χ1v) is 6.61. The molecule has 0 saturated heterocycles. The Kier molecular flexibility index (Phi) is 4.37. The number of carboxylic acids is 1. The first-order valence-electron chi connectivity index (χ1n) is 6.23. The van der Waals surface area contributed by atoms with E-state index in [2.05, 4.69) is 10.3 Å². The van der Waals surface area contributed by atoms with E-state index in [-0.39, 0.29) is 5.91 Å². The van der Waals surface area contributed by atoms with Gasteiger partial charge in [0.2, 0.25) is 5.91 Å². The number of hydrogen-bond donors (Lipinski definition) is 2. The summed E-state index contributed by atoms with van der Waals surface area (Å²) in [7, 11) is 0. The van der Waals surface area contributed by atoms with Crippen LogP contribution in [0.2, 0.25) is 5.15 Å². The van der Waals surface area contributed by atoms with Crippen LogP contribution >= 0.6 is 11.6 Å². The van der Waals surface area contributed by atoms with Crippen molar-refractivity contribution in [3.05, 3.63) is 23.5 Å². The van der Waals surface area contributed by atoms with Crippen LogP contribution in [0.1, 0.15) is 25.7 Å². The van der Waals surface area contributed by atoms with Crippen LogP contribution in [0.25, 0.3) is 0 Å². The highest BCUT2D eigenvalue weighted by Crippen LogP contribution is 2.31. The third-order valence-corrected chi connectivity index (χ3v) is 3.64. The number of amides is 1. The van der Waals surface area contributed by atoms with Crippen LogP contribution in [0.15, 0.2) is 18.3 Å². The van der Waals surface area contributed by atoms with Crippen LogP contribution in [0.4, 0.5) is 5.69 Å². The Hall–Kier alpha value is -1.62. The molecule has 2 atom stereocenters. The lowest BCUT2D eigenvalue weighted by molar-refractivity contribution is -0.147. The van der Waals surface area contributed by atoms with Gasteiger partial charge in [0.15, 0.2) is 0 Å². The monoisotopic (exact) mass is 282 g/mol. The molecule has 102 valence electrons. The maximum atomic E-state index is 12.1. The number of aliphatic carboxylic acids is 1. The largest absolute Gasteiger partial charge is 0.481 e. The highest BCUT2D eigenvalue weighted by atomic mass is 35.5. The van der Waals surface area contributed by atoms with Crippen LogP contribution in [0.3, 0.4) is 0 Å². The minimum Gasteiger partial charge on any atom is -0.481 e. The van der Waals surface area contributed by atoms with Gasteiger partial charge in [0.25, 0.3) is 0 Å². The first-order chi connectivity index (χ1) is 9.08. The zero-order chi connectivity index (χ0) is 13.8. The lowest BCUT2D eigenvalue weighted by Crippen LogP contribution is -2.36. The van der Waals surface area contributed by atoms with Crippen molar-refractivity contribution in [3.8, 4) is 0 Å². The number of carbonyl (C=O) groups is 2. The summed E-state index contributed by atoms with van der Waals surface area (Å²) in [5, 5.41) is 12.2. The normalized spacial score (nSPS) is 22.8. The molecule has 1 fully saturated rings. The second-order valence-electron chi connectivity index (χ2n) is 4.69. The number of nitrogens with one attached hydrogen (secondary N) is 1. The molecule has 2 N–H and O–H groups in total. The van der Waals surface area contributed by atoms with E-state index in [1.165, 1.54) is 6.20 Å². The van der Waals surface area contributed by atoms with Gasteiger partial charge in [-0.25, -0.2) is 4.98 Å². The average Bonchev–Trinajstić information content (AvgIpc) is 2.41. The standard InChI is InChI=1S/C13H15ClN2O3/c14-11-6-5-8(7-15-11)16-12(17)9-3-1-2-4-10(9)13(18)19/h5-7,9-10H,1-4H2,(H,16,17)(H,18,19). The number of hydrogen-bond acceptors (Lipinski definition) is 3. The SMILES string of the molecule is O=C(O)C1CCCCC1C(=O)Nc1ccc(Cl)nc1. The number of aromatic nitrogens is 1. The fourth-order valence-corrected chi connectivity index (χ4v) is 2.54. The third kappa shape index (κ3) is 3.44. The molecule has 2 rings (SSSR count). The molecule has 0 bridgehead atoms. The molecule has 1 heterocycles. The number of rotatable bonds is 3. The molecule has 2 unspecified atom stereocenters. The van der Waals surface area contributed by atoms with Crippen LogP contribution < -0.4 is 5.32 Å². The van der Waals surface area contributed by atoms with Gasteiger partial charge in [0.1, 0.15) is 5.15 Å². The van der Waals surface area contributed by atoms with Gasteiger partial charge in [-0.2, -0.15) is 0 Å². The molecule has 1 aromatic heterocycles. The van der Waals surface area contributed by atoms with Crippen molar-refractivity contribution in [2.24, 2.45) is 11.8 Å². The third-order valence-electron chi connectivity index (χ3n) is 3.41. The van der Waals surface area contributed by atoms with Gasteiger partial charge in [-0.05, 0) is 25.0 Å². The van der Waals surface area contributed by atoms with E-state index in [9.17, 15) is 9.59 Å². The summed E-state index contributed by atoms with van der Waals surface area (Å²) in [5.41, 5.74) is 0.532. The fraction of sp³-hybridized carbons (Fsp3) is 0.462. The van der Waals surface area contributed by atoms with E-state index < -0.39 is 17.8 Å². The fourth-order valence-electron chi connectivity index (χ4n) is 2.42. The molecule has 19 heavy (non-hydrogen) atoms. The minimum absolute atomic E-state index is 0.253. The molecular formula is C13H15ClN2O3. The van der Waals surface area contributed by atoms with Gasteiger partial charge in [0.05, 0.1) is 23.7 Å². The van der Waals surface area contributed by atoms with Gasteiger partial charge in [-0.3, -0.25) is 9.59 Å². The minimum atomic E-state index is -0.894. The molecule has 6 heteroatoms. The molecule has 0 aromatic carbocycles. The Labute approximate surface area is 116 Å². The number of carbonyl (C=O) groups excluding carboxylic acids is 1. The van der Waals surface area contributed by atoms with Crippen molar-refractivity contribution < 1.29 is 14.7 Å². The van der Waals surface area contributed by atoms with Crippen molar-refractivity contribution in [2.45, 2.75) is 25.7 Å². The smallest absolute Gasteiger partial charge is 0.307 e. The number of nitrogens with zero attached hydrogens (tertiary/aromatic N) is 1. The Morgan fingerprint density at radius 1 is 1.26 bits per heavy atom. The Bertz CT molecular complexity index is 475. The predicted octanol–water partition coefficient (Wildman–Crippen LogP) is 2.56. The van der Waals surface area contributed by atoms with E-state index in [1.807, 2.05) is 0 Å². The number of carboxylic acid groups (broad SMARTS) is 1. The molecule has 1 amide bonds. The summed E-state index contributed by atoms with van der Waals surface area (Å²) in [6.07, 6.45) is 4.39. The first kappa shape index (κ1) is 13.8. The van der Waals surface area contributed by atoms with Gasteiger partial charge >= 0.3 is 5.97 Å². The molecule has 0 spiro atoms. The summed E-state index contributed by atoms with van der Waals surface area (Å²) >= 11 is 5.66. The Morgan fingerprint density at radius 3 is 2.53 bits per heavy atom.